The zero-order valence-corrected chi connectivity index (χ0v) is 17.7. The lowest BCUT2D eigenvalue weighted by molar-refractivity contribution is -0.137. The van der Waals surface area contributed by atoms with Crippen molar-refractivity contribution in [2.45, 2.75) is 65.3 Å². The molecule has 0 fully saturated rings. The second-order valence-corrected chi connectivity index (χ2v) is 7.11. The molecule has 0 radical (unpaired) electrons. The van der Waals surface area contributed by atoms with Crippen LogP contribution < -0.4 is 4.74 Å². The summed E-state index contributed by atoms with van der Waals surface area (Å²) in [6.07, 6.45) is 0.754. The van der Waals surface area contributed by atoms with E-state index in [1.165, 1.54) is 12.1 Å². The van der Waals surface area contributed by atoms with Gasteiger partial charge in [-0.05, 0) is 31.0 Å². The van der Waals surface area contributed by atoms with E-state index >= 15 is 0 Å². The van der Waals surface area contributed by atoms with Crippen LogP contribution in [0.1, 0.15) is 72.0 Å². The van der Waals surface area contributed by atoms with Crippen LogP contribution in [0.5, 0.6) is 5.88 Å². The van der Waals surface area contributed by atoms with Gasteiger partial charge in [0.25, 0.3) is 0 Å². The molecule has 2 aromatic rings. The Morgan fingerprint density at radius 1 is 1.13 bits per heavy atom. The average molecular weight is 440 g/mol. The van der Waals surface area contributed by atoms with Crippen molar-refractivity contribution >= 4 is 5.97 Å². The molecule has 6 nitrogen and oxygen atoms in total. The number of alkyl halides is 3. The van der Waals surface area contributed by atoms with E-state index < -0.39 is 24.3 Å². The summed E-state index contributed by atoms with van der Waals surface area (Å²) in [7, 11) is 0. The van der Waals surface area contributed by atoms with Crippen LogP contribution in [-0.2, 0) is 24.1 Å². The molecule has 0 bridgehead atoms. The monoisotopic (exact) mass is 440 g/mol. The van der Waals surface area contributed by atoms with Crippen LogP contribution >= 0.6 is 0 Å². The highest BCUT2D eigenvalue weighted by Gasteiger charge is 2.30. The lowest BCUT2D eigenvalue weighted by Crippen LogP contribution is -2.15. The molecule has 0 aliphatic heterocycles. The fraction of sp³-hybridized carbons (Fsp3) is 0.500. The van der Waals surface area contributed by atoms with E-state index in [0.717, 1.165) is 44.2 Å². The van der Waals surface area contributed by atoms with Gasteiger partial charge in [0, 0.05) is 5.56 Å². The number of aromatic nitrogens is 2. The molecule has 0 aliphatic rings. The van der Waals surface area contributed by atoms with Crippen molar-refractivity contribution in [1.29, 1.82) is 0 Å². The molecule has 9 heteroatoms. The largest absolute Gasteiger partial charge is 0.477 e. The Hall–Kier alpha value is -2.68. The summed E-state index contributed by atoms with van der Waals surface area (Å²) in [5.41, 5.74) is -0.371. The van der Waals surface area contributed by atoms with Crippen LogP contribution in [0.15, 0.2) is 24.3 Å². The van der Waals surface area contributed by atoms with Crippen molar-refractivity contribution < 1.29 is 32.5 Å². The normalized spacial score (nSPS) is 11.4. The standard InChI is InChI=1S/C22H27F3N2O4/c1-3-4-5-6-7-11-30-20-15(2)19(26-18(13-28)27-20)21(29)31-14-16-9-8-10-17(12-16)22(23,24)25/h8-10,12,28H,3-7,11,13-14H2,1-2H3. The molecule has 1 heterocycles. The Bertz CT molecular complexity index is 872. The lowest BCUT2D eigenvalue weighted by atomic mass is 10.1. The lowest BCUT2D eigenvalue weighted by Gasteiger charge is -2.13. The Kier molecular flexibility index (Phi) is 9.23. The summed E-state index contributed by atoms with van der Waals surface area (Å²) in [5.74, 6) is -0.655. The minimum absolute atomic E-state index is 0.00222. The minimum atomic E-state index is -4.48. The van der Waals surface area contributed by atoms with E-state index in [0.29, 0.717) is 12.2 Å². The summed E-state index contributed by atoms with van der Waals surface area (Å²) >= 11 is 0. The van der Waals surface area contributed by atoms with Gasteiger partial charge in [-0.3, -0.25) is 0 Å². The molecule has 1 aromatic carbocycles. The number of aliphatic hydroxyl groups excluding tert-OH is 1. The summed E-state index contributed by atoms with van der Waals surface area (Å²) in [6, 6.07) is 4.55. The third-order valence-corrected chi connectivity index (χ3v) is 4.59. The second-order valence-electron chi connectivity index (χ2n) is 7.11. The van der Waals surface area contributed by atoms with Gasteiger partial charge in [0.2, 0.25) is 5.88 Å². The fourth-order valence-corrected chi connectivity index (χ4v) is 2.88. The highest BCUT2D eigenvalue weighted by atomic mass is 19.4. The fourth-order valence-electron chi connectivity index (χ4n) is 2.88. The first-order valence-corrected chi connectivity index (χ1v) is 10.2. The number of carbonyl (C=O) groups is 1. The highest BCUT2D eigenvalue weighted by molar-refractivity contribution is 5.89. The quantitative estimate of drug-likeness (QED) is 0.391. The number of hydrogen-bond acceptors (Lipinski definition) is 6. The molecule has 0 unspecified atom stereocenters. The number of hydrogen-bond donors (Lipinski definition) is 1. The maximum Gasteiger partial charge on any atom is 0.416 e. The van der Waals surface area contributed by atoms with E-state index in [-0.39, 0.29) is 29.6 Å². The van der Waals surface area contributed by atoms with Crippen LogP contribution in [0.4, 0.5) is 13.2 Å². The van der Waals surface area contributed by atoms with Gasteiger partial charge in [-0.2, -0.15) is 18.2 Å². The molecule has 1 aromatic heterocycles. The average Bonchev–Trinajstić information content (AvgIpc) is 2.75. The number of rotatable bonds is 11. The van der Waals surface area contributed by atoms with Gasteiger partial charge in [0.05, 0.1) is 12.2 Å². The van der Waals surface area contributed by atoms with Crippen LogP contribution in [0.25, 0.3) is 0 Å². The van der Waals surface area contributed by atoms with Crippen molar-refractivity contribution in [1.82, 2.24) is 9.97 Å². The Morgan fingerprint density at radius 2 is 1.87 bits per heavy atom. The number of esters is 1. The van der Waals surface area contributed by atoms with Crippen molar-refractivity contribution in [2.24, 2.45) is 0 Å². The zero-order chi connectivity index (χ0) is 22.9. The maximum atomic E-state index is 12.8. The number of unbranched alkanes of at least 4 members (excludes halogenated alkanes) is 4. The van der Waals surface area contributed by atoms with Crippen molar-refractivity contribution in [3.8, 4) is 5.88 Å². The highest BCUT2D eigenvalue weighted by Crippen LogP contribution is 2.29. The topological polar surface area (TPSA) is 81.5 Å². The van der Waals surface area contributed by atoms with Crippen LogP contribution in [-0.4, -0.2) is 27.7 Å². The predicted molar refractivity (Wildman–Crippen MR) is 108 cm³/mol. The summed E-state index contributed by atoms with van der Waals surface area (Å²) < 4.78 is 49.3. The molecule has 0 saturated carbocycles. The minimum Gasteiger partial charge on any atom is -0.477 e. The molecule has 0 spiro atoms. The Morgan fingerprint density at radius 3 is 2.55 bits per heavy atom. The summed E-state index contributed by atoms with van der Waals surface area (Å²) in [6.45, 7) is 3.28. The summed E-state index contributed by atoms with van der Waals surface area (Å²) in [5, 5.41) is 9.40. The van der Waals surface area contributed by atoms with Gasteiger partial charge in [-0.1, -0.05) is 44.7 Å². The van der Waals surface area contributed by atoms with Crippen molar-refractivity contribution in [2.75, 3.05) is 6.61 Å². The van der Waals surface area contributed by atoms with Gasteiger partial charge >= 0.3 is 12.1 Å². The van der Waals surface area contributed by atoms with E-state index in [2.05, 4.69) is 16.9 Å². The third-order valence-electron chi connectivity index (χ3n) is 4.59. The Balaban J connectivity index is 2.06. The molecular formula is C22H27F3N2O4. The third kappa shape index (κ3) is 7.50. The molecule has 0 saturated heterocycles. The molecule has 0 amide bonds. The molecule has 31 heavy (non-hydrogen) atoms. The number of aliphatic hydroxyl groups is 1. The van der Waals surface area contributed by atoms with Gasteiger partial charge in [-0.15, -0.1) is 0 Å². The predicted octanol–water partition coefficient (Wildman–Crippen LogP) is 5.00. The smallest absolute Gasteiger partial charge is 0.416 e. The summed E-state index contributed by atoms with van der Waals surface area (Å²) in [4.78, 5) is 20.6. The maximum absolute atomic E-state index is 12.8. The molecular weight excluding hydrogens is 413 g/mol. The molecule has 170 valence electrons. The molecule has 1 N–H and O–H groups in total. The van der Waals surface area contributed by atoms with Gasteiger partial charge in [0.15, 0.2) is 11.5 Å². The van der Waals surface area contributed by atoms with Gasteiger partial charge in [-0.25, -0.2) is 9.78 Å². The van der Waals surface area contributed by atoms with Crippen LogP contribution in [0.3, 0.4) is 0 Å². The molecule has 0 aliphatic carbocycles. The molecule has 0 atom stereocenters. The first kappa shape index (κ1) is 24.6. The first-order chi connectivity index (χ1) is 14.8. The number of benzene rings is 1. The van der Waals surface area contributed by atoms with E-state index in [9.17, 15) is 23.1 Å². The number of carbonyl (C=O) groups excluding carboxylic acids is 1. The Labute approximate surface area is 179 Å². The first-order valence-electron chi connectivity index (χ1n) is 10.2. The van der Waals surface area contributed by atoms with Gasteiger partial charge in [0.1, 0.15) is 13.2 Å². The number of nitrogens with zero attached hydrogens (tertiary/aromatic N) is 2. The zero-order valence-electron chi connectivity index (χ0n) is 17.7. The van der Waals surface area contributed by atoms with E-state index in [1.807, 2.05) is 0 Å². The SMILES string of the molecule is CCCCCCCOc1nc(CO)nc(C(=O)OCc2cccc(C(F)(F)F)c2)c1C. The second kappa shape index (κ2) is 11.6. The van der Waals surface area contributed by atoms with Crippen molar-refractivity contribution in [3.05, 3.63) is 52.5 Å². The van der Waals surface area contributed by atoms with Crippen LogP contribution in [0, 0.1) is 6.92 Å². The number of ether oxygens (including phenoxy) is 2. The van der Waals surface area contributed by atoms with E-state index in [4.69, 9.17) is 9.47 Å². The van der Waals surface area contributed by atoms with Gasteiger partial charge < -0.3 is 14.6 Å². The van der Waals surface area contributed by atoms with Crippen molar-refractivity contribution in [3.63, 3.8) is 0 Å². The molecule has 2 rings (SSSR count). The van der Waals surface area contributed by atoms with Crippen LogP contribution in [0.2, 0.25) is 0 Å². The number of halogens is 3. The van der Waals surface area contributed by atoms with E-state index in [1.54, 1.807) is 6.92 Å².